The van der Waals surface area contributed by atoms with Crippen molar-refractivity contribution in [1.29, 1.82) is 0 Å². The zero-order valence-electron chi connectivity index (χ0n) is 20.5. The van der Waals surface area contributed by atoms with E-state index in [1.807, 2.05) is 26.2 Å². The van der Waals surface area contributed by atoms with Crippen LogP contribution < -0.4 is 9.64 Å². The molecule has 5 rings (SSSR count). The largest absolute Gasteiger partial charge is 0.487 e. The molecular formula is C25H30N8OS. The maximum atomic E-state index is 6.28. The van der Waals surface area contributed by atoms with Crippen LogP contribution in [0, 0.1) is 13.8 Å². The topological polar surface area (TPSA) is 94.7 Å². The van der Waals surface area contributed by atoms with Crippen LogP contribution in [0.4, 0.5) is 5.95 Å². The summed E-state index contributed by atoms with van der Waals surface area (Å²) in [5.41, 5.74) is 5.21. The lowest BCUT2D eigenvalue weighted by molar-refractivity contribution is 0.297. The van der Waals surface area contributed by atoms with E-state index < -0.39 is 0 Å². The number of aromatic nitrogens is 7. The Kier molecular flexibility index (Phi) is 6.72. The van der Waals surface area contributed by atoms with E-state index >= 15 is 0 Å². The lowest BCUT2D eigenvalue weighted by Crippen LogP contribution is -2.34. The zero-order valence-corrected chi connectivity index (χ0v) is 21.4. The van der Waals surface area contributed by atoms with Gasteiger partial charge in [-0.2, -0.15) is 0 Å². The van der Waals surface area contributed by atoms with Gasteiger partial charge in [-0.25, -0.2) is 19.6 Å². The molecule has 0 spiro atoms. The first kappa shape index (κ1) is 23.3. The molecular weight excluding hydrogens is 460 g/mol. The summed E-state index contributed by atoms with van der Waals surface area (Å²) in [4.78, 5) is 16.1. The van der Waals surface area contributed by atoms with Crippen molar-refractivity contribution in [3.8, 4) is 11.4 Å². The molecule has 1 saturated heterocycles. The van der Waals surface area contributed by atoms with Gasteiger partial charge in [-0.15, -0.1) is 16.4 Å². The second-order valence-electron chi connectivity index (χ2n) is 9.37. The number of aryl methyl sites for hydroxylation is 2. The number of hydrogen-bond donors (Lipinski definition) is 0. The first-order valence-corrected chi connectivity index (χ1v) is 12.8. The van der Waals surface area contributed by atoms with Gasteiger partial charge < -0.3 is 9.64 Å². The highest BCUT2D eigenvalue weighted by atomic mass is 32.1. The molecule has 3 aromatic heterocycles. The number of ether oxygens (including phenoxy) is 1. The summed E-state index contributed by atoms with van der Waals surface area (Å²) in [6.45, 7) is 10.7. The summed E-state index contributed by atoms with van der Waals surface area (Å²) >= 11 is 1.74. The smallest absolute Gasteiger partial charge is 0.225 e. The first-order valence-electron chi connectivity index (χ1n) is 12.0. The predicted octanol–water partition coefficient (Wildman–Crippen LogP) is 4.61. The molecule has 0 N–H and O–H groups in total. The van der Waals surface area contributed by atoms with Crippen LogP contribution in [0.25, 0.3) is 5.69 Å². The van der Waals surface area contributed by atoms with E-state index in [0.717, 1.165) is 65.7 Å². The highest BCUT2D eigenvalue weighted by Gasteiger charge is 2.24. The molecule has 182 valence electrons. The van der Waals surface area contributed by atoms with Crippen molar-refractivity contribution >= 4 is 17.3 Å². The maximum Gasteiger partial charge on any atom is 0.225 e. The number of anilines is 1. The third-order valence-electron chi connectivity index (χ3n) is 6.39. The van der Waals surface area contributed by atoms with Crippen LogP contribution in [0.5, 0.6) is 5.75 Å². The molecule has 35 heavy (non-hydrogen) atoms. The molecule has 1 aliphatic rings. The summed E-state index contributed by atoms with van der Waals surface area (Å²) in [5.74, 6) is 2.48. The van der Waals surface area contributed by atoms with Gasteiger partial charge in [-0.3, -0.25) is 0 Å². The molecule has 0 radical (unpaired) electrons. The van der Waals surface area contributed by atoms with Gasteiger partial charge >= 0.3 is 0 Å². The second-order valence-corrected chi connectivity index (χ2v) is 10.3. The minimum absolute atomic E-state index is 0.300. The van der Waals surface area contributed by atoms with E-state index in [4.69, 9.17) is 9.72 Å². The Morgan fingerprint density at radius 2 is 1.89 bits per heavy atom. The summed E-state index contributed by atoms with van der Waals surface area (Å²) in [7, 11) is 0. The fourth-order valence-corrected chi connectivity index (χ4v) is 5.36. The summed E-state index contributed by atoms with van der Waals surface area (Å²) in [6, 6.07) is 4.19. The Labute approximate surface area is 209 Å². The van der Waals surface area contributed by atoms with E-state index in [1.165, 1.54) is 5.01 Å². The molecule has 10 heteroatoms. The van der Waals surface area contributed by atoms with Crippen LogP contribution >= 0.6 is 11.3 Å². The lowest BCUT2D eigenvalue weighted by atomic mass is 9.98. The monoisotopic (exact) mass is 490 g/mol. The van der Waals surface area contributed by atoms with Gasteiger partial charge in [0.15, 0.2) is 0 Å². The average molecular weight is 491 g/mol. The standard InChI is InChI=1S/C25H30N8OS/c1-16(2)21-10-22(33-15-28-30-31-33)18(4)9-23(21)34-13-20-14-35-24(29-20)19-5-7-32(8-6-19)25-26-11-17(3)12-27-25/h9-12,14-16,19H,5-8,13H2,1-4H3. The molecule has 0 aliphatic carbocycles. The predicted molar refractivity (Wildman–Crippen MR) is 135 cm³/mol. The number of benzene rings is 1. The lowest BCUT2D eigenvalue weighted by Gasteiger charge is -2.31. The average Bonchev–Trinajstić information content (AvgIpc) is 3.56. The molecule has 0 saturated carbocycles. The van der Waals surface area contributed by atoms with Gasteiger partial charge in [0.05, 0.1) is 16.4 Å². The van der Waals surface area contributed by atoms with E-state index in [-0.39, 0.29) is 0 Å². The minimum Gasteiger partial charge on any atom is -0.487 e. The maximum absolute atomic E-state index is 6.28. The van der Waals surface area contributed by atoms with Crippen molar-refractivity contribution in [2.75, 3.05) is 18.0 Å². The fourth-order valence-electron chi connectivity index (χ4n) is 4.38. The van der Waals surface area contributed by atoms with Gasteiger partial charge in [0, 0.05) is 36.8 Å². The van der Waals surface area contributed by atoms with Crippen LogP contribution in [-0.2, 0) is 6.61 Å². The van der Waals surface area contributed by atoms with Gasteiger partial charge in [0.1, 0.15) is 18.7 Å². The fraction of sp³-hybridized carbons (Fsp3) is 0.440. The van der Waals surface area contributed by atoms with Crippen LogP contribution in [-0.4, -0.2) is 48.2 Å². The molecule has 0 atom stereocenters. The van der Waals surface area contributed by atoms with Crippen molar-refractivity contribution in [2.24, 2.45) is 0 Å². The number of tetrazole rings is 1. The molecule has 0 unspecified atom stereocenters. The molecule has 4 aromatic rings. The summed E-state index contributed by atoms with van der Waals surface area (Å²) in [5, 5.41) is 14.9. The molecule has 1 fully saturated rings. The number of hydrogen-bond acceptors (Lipinski definition) is 9. The molecule has 1 aliphatic heterocycles. The number of piperidine rings is 1. The van der Waals surface area contributed by atoms with E-state index in [2.05, 4.69) is 61.8 Å². The Bertz CT molecular complexity index is 1260. The zero-order chi connectivity index (χ0) is 24.4. The Morgan fingerprint density at radius 3 is 2.57 bits per heavy atom. The molecule has 0 amide bonds. The van der Waals surface area contributed by atoms with Crippen LogP contribution in [0.1, 0.15) is 65.9 Å². The van der Waals surface area contributed by atoms with Crippen molar-refractivity contribution in [2.45, 2.75) is 59.0 Å². The van der Waals surface area contributed by atoms with Gasteiger partial charge in [0.25, 0.3) is 0 Å². The van der Waals surface area contributed by atoms with Crippen LogP contribution in [0.3, 0.4) is 0 Å². The Balaban J connectivity index is 1.23. The second kappa shape index (κ2) is 10.1. The highest BCUT2D eigenvalue weighted by molar-refractivity contribution is 7.09. The van der Waals surface area contributed by atoms with Crippen molar-refractivity contribution in [3.63, 3.8) is 0 Å². The first-order chi connectivity index (χ1) is 17.0. The van der Waals surface area contributed by atoms with Gasteiger partial charge in [0.2, 0.25) is 5.95 Å². The summed E-state index contributed by atoms with van der Waals surface area (Å²) in [6.07, 6.45) is 7.49. The quantitative estimate of drug-likeness (QED) is 0.371. The van der Waals surface area contributed by atoms with Crippen molar-refractivity contribution < 1.29 is 4.74 Å². The number of rotatable bonds is 7. The number of nitrogens with zero attached hydrogens (tertiary/aromatic N) is 8. The van der Waals surface area contributed by atoms with Gasteiger partial charge in [-0.1, -0.05) is 13.8 Å². The third kappa shape index (κ3) is 5.17. The Morgan fingerprint density at radius 1 is 1.11 bits per heavy atom. The summed E-state index contributed by atoms with van der Waals surface area (Å²) < 4.78 is 7.97. The molecule has 0 bridgehead atoms. The highest BCUT2D eigenvalue weighted by Crippen LogP contribution is 2.34. The molecule has 1 aromatic carbocycles. The normalized spacial score (nSPS) is 14.6. The van der Waals surface area contributed by atoms with E-state index in [9.17, 15) is 0 Å². The minimum atomic E-state index is 0.300. The third-order valence-corrected chi connectivity index (χ3v) is 7.44. The Hall–Kier alpha value is -3.40. The molecule has 9 nitrogen and oxygen atoms in total. The van der Waals surface area contributed by atoms with Crippen LogP contribution in [0.15, 0.2) is 36.2 Å². The van der Waals surface area contributed by atoms with Crippen molar-refractivity contribution in [3.05, 3.63) is 63.6 Å². The van der Waals surface area contributed by atoms with E-state index in [0.29, 0.717) is 18.4 Å². The van der Waals surface area contributed by atoms with E-state index in [1.54, 1.807) is 22.3 Å². The number of thiazole rings is 1. The molecule has 4 heterocycles. The SMILES string of the molecule is Cc1cnc(N2CCC(c3nc(COc4cc(C)c(-n5cnnn5)cc4C(C)C)cs3)CC2)nc1. The van der Waals surface area contributed by atoms with Crippen molar-refractivity contribution in [1.82, 2.24) is 35.2 Å². The van der Waals surface area contributed by atoms with Gasteiger partial charge in [-0.05, 0) is 71.9 Å². The van der Waals surface area contributed by atoms with Crippen LogP contribution in [0.2, 0.25) is 0 Å².